The van der Waals surface area contributed by atoms with Gasteiger partial charge in [0, 0.05) is 19.4 Å². The Morgan fingerprint density at radius 1 is 0.477 bits per heavy atom. The first-order valence-electron chi connectivity index (χ1n) is 25.7. The molecule has 0 rings (SSSR count). The van der Waals surface area contributed by atoms with E-state index in [9.17, 15) is 19.0 Å². The molecule has 0 radical (unpaired) electrons. The summed E-state index contributed by atoms with van der Waals surface area (Å²) in [6, 6.07) is 0. The van der Waals surface area contributed by atoms with Crippen LogP contribution in [0, 0.1) is 0 Å². The molecule has 0 aliphatic heterocycles. The summed E-state index contributed by atoms with van der Waals surface area (Å²) in [5.74, 6) is -0.841. The summed E-state index contributed by atoms with van der Waals surface area (Å²) in [6.45, 7) is 3.56. The fraction of sp³-hybridized carbons (Fsp3) is 0.673. The maximum Gasteiger partial charge on any atom is 0.472 e. The molecule has 2 unspecified atom stereocenters. The minimum Gasteiger partial charge on any atom is -0.462 e. The highest BCUT2D eigenvalue weighted by atomic mass is 31.2. The second-order valence-corrected chi connectivity index (χ2v) is 18.1. The van der Waals surface area contributed by atoms with Crippen LogP contribution in [0.4, 0.5) is 0 Å². The fourth-order valence-corrected chi connectivity index (χ4v) is 7.47. The molecule has 0 aromatic rings. The number of hydrogen-bond acceptors (Lipinski definition) is 8. The smallest absolute Gasteiger partial charge is 0.462 e. The third kappa shape index (κ3) is 50.2. The van der Waals surface area contributed by atoms with Crippen LogP contribution in [0.2, 0.25) is 0 Å². The molecule has 0 amide bonds. The van der Waals surface area contributed by atoms with E-state index in [1.165, 1.54) is 83.5 Å². The minimum atomic E-state index is -4.38. The van der Waals surface area contributed by atoms with Crippen molar-refractivity contribution >= 4 is 19.8 Å². The Kier molecular flexibility index (Phi) is 48.0. The second kappa shape index (κ2) is 50.3. The van der Waals surface area contributed by atoms with E-state index >= 15 is 0 Å². The van der Waals surface area contributed by atoms with E-state index in [0.29, 0.717) is 6.42 Å². The molecular weight excluding hydrogens is 834 g/mol. The Morgan fingerprint density at radius 2 is 0.846 bits per heavy atom. The number of phosphoric acid groups is 1. The molecule has 10 heteroatoms. The average molecular weight is 928 g/mol. The molecule has 0 spiro atoms. The predicted molar refractivity (Wildman–Crippen MR) is 275 cm³/mol. The van der Waals surface area contributed by atoms with Gasteiger partial charge >= 0.3 is 19.8 Å². The number of hydrogen-bond donors (Lipinski definition) is 2. The van der Waals surface area contributed by atoms with Gasteiger partial charge < -0.3 is 20.1 Å². The number of allylic oxidation sites excluding steroid dienone is 16. The summed E-state index contributed by atoms with van der Waals surface area (Å²) < 4.78 is 32.7. The largest absolute Gasteiger partial charge is 0.472 e. The Morgan fingerprint density at radius 3 is 1.26 bits per heavy atom. The monoisotopic (exact) mass is 928 g/mol. The average Bonchev–Trinajstić information content (AvgIpc) is 3.30. The summed E-state index contributed by atoms with van der Waals surface area (Å²) in [7, 11) is -4.38. The van der Waals surface area contributed by atoms with Gasteiger partial charge in [-0.2, -0.15) is 0 Å². The van der Waals surface area contributed by atoms with Crippen LogP contribution in [0.15, 0.2) is 97.2 Å². The summed E-state index contributed by atoms with van der Waals surface area (Å²) in [5, 5.41) is 0. The van der Waals surface area contributed by atoms with E-state index in [2.05, 4.69) is 111 Å². The van der Waals surface area contributed by atoms with Gasteiger partial charge in [-0.15, -0.1) is 0 Å². The van der Waals surface area contributed by atoms with Crippen molar-refractivity contribution in [2.24, 2.45) is 5.73 Å². The van der Waals surface area contributed by atoms with Crippen LogP contribution in [-0.2, 0) is 32.7 Å². The van der Waals surface area contributed by atoms with E-state index in [1.807, 2.05) is 0 Å². The Balaban J connectivity index is 3.86. The third-order valence-electron chi connectivity index (χ3n) is 10.5. The van der Waals surface area contributed by atoms with Crippen molar-refractivity contribution in [3.63, 3.8) is 0 Å². The van der Waals surface area contributed by atoms with Crippen LogP contribution in [0.5, 0.6) is 0 Å². The van der Waals surface area contributed by atoms with Crippen molar-refractivity contribution in [2.45, 2.75) is 213 Å². The van der Waals surface area contributed by atoms with Crippen LogP contribution in [0.3, 0.4) is 0 Å². The van der Waals surface area contributed by atoms with Gasteiger partial charge in [0.2, 0.25) is 0 Å². The molecule has 0 saturated heterocycles. The molecule has 2 atom stereocenters. The number of nitrogens with two attached hydrogens (primary N) is 1. The summed E-state index contributed by atoms with van der Waals surface area (Å²) in [4.78, 5) is 34.7. The van der Waals surface area contributed by atoms with Crippen molar-refractivity contribution in [1.29, 1.82) is 0 Å². The molecule has 0 aliphatic carbocycles. The highest BCUT2D eigenvalue weighted by Crippen LogP contribution is 2.43. The highest BCUT2D eigenvalue weighted by molar-refractivity contribution is 7.47. The van der Waals surface area contributed by atoms with Gasteiger partial charge in [-0.1, -0.05) is 214 Å². The summed E-state index contributed by atoms with van der Waals surface area (Å²) >= 11 is 0. The van der Waals surface area contributed by atoms with Gasteiger partial charge in [-0.25, -0.2) is 4.57 Å². The zero-order valence-corrected chi connectivity index (χ0v) is 42.1. The summed E-state index contributed by atoms with van der Waals surface area (Å²) in [6.07, 6.45) is 66.3. The molecule has 0 aromatic carbocycles. The highest BCUT2D eigenvalue weighted by Gasteiger charge is 2.26. The number of carbonyl (C=O) groups is 2. The van der Waals surface area contributed by atoms with E-state index in [0.717, 1.165) is 89.9 Å². The normalized spacial score (nSPS) is 14.0. The Labute approximate surface area is 397 Å². The number of phosphoric ester groups is 1. The summed E-state index contributed by atoms with van der Waals surface area (Å²) in [5.41, 5.74) is 5.34. The van der Waals surface area contributed by atoms with E-state index in [-0.39, 0.29) is 32.6 Å². The van der Waals surface area contributed by atoms with Gasteiger partial charge in [-0.05, 0) is 77.0 Å². The van der Waals surface area contributed by atoms with Gasteiger partial charge in [0.25, 0.3) is 0 Å². The SMILES string of the molecule is CC/C=C\C/C=C\C/C=C\C/C=C\C/C=C\C/C=C\C/C=C\C/C=C\CCCCCCCCCCCCCCC(=O)OC(COC(=O)CCCCCCCCC)COP(=O)(O)OCCN. The quantitative estimate of drug-likeness (QED) is 0.0265. The molecule has 9 nitrogen and oxygen atoms in total. The van der Waals surface area contributed by atoms with Crippen molar-refractivity contribution in [3.05, 3.63) is 97.2 Å². The molecule has 0 heterocycles. The molecule has 0 aromatic heterocycles. The number of esters is 2. The van der Waals surface area contributed by atoms with Crippen LogP contribution in [-0.4, -0.2) is 49.3 Å². The van der Waals surface area contributed by atoms with E-state index < -0.39 is 32.5 Å². The zero-order chi connectivity index (χ0) is 47.4. The van der Waals surface area contributed by atoms with E-state index in [1.54, 1.807) is 0 Å². The first-order valence-corrected chi connectivity index (χ1v) is 27.2. The van der Waals surface area contributed by atoms with Crippen molar-refractivity contribution in [1.82, 2.24) is 0 Å². The van der Waals surface area contributed by atoms with Gasteiger partial charge in [0.1, 0.15) is 6.61 Å². The molecule has 0 aliphatic rings. The lowest BCUT2D eigenvalue weighted by Crippen LogP contribution is -2.29. The molecule has 372 valence electrons. The molecule has 0 bridgehead atoms. The molecular formula is C55H94NO8P. The molecule has 0 saturated carbocycles. The lowest BCUT2D eigenvalue weighted by atomic mass is 10.0. The third-order valence-corrected chi connectivity index (χ3v) is 11.5. The number of ether oxygens (including phenoxy) is 2. The van der Waals surface area contributed by atoms with Crippen LogP contribution in [0.1, 0.15) is 206 Å². The van der Waals surface area contributed by atoms with Crippen molar-refractivity contribution in [3.8, 4) is 0 Å². The maximum atomic E-state index is 12.6. The van der Waals surface area contributed by atoms with Crippen LogP contribution < -0.4 is 5.73 Å². The number of unbranched alkanes of at least 4 members (excludes halogenated alkanes) is 18. The zero-order valence-electron chi connectivity index (χ0n) is 41.2. The maximum absolute atomic E-state index is 12.6. The fourth-order valence-electron chi connectivity index (χ4n) is 6.71. The number of rotatable bonds is 47. The Hall–Kier alpha value is -3.07. The first kappa shape index (κ1) is 61.9. The lowest BCUT2D eigenvalue weighted by Gasteiger charge is -2.19. The minimum absolute atomic E-state index is 0.0505. The number of carbonyl (C=O) groups excluding carboxylic acids is 2. The standard InChI is InChI=1S/C55H94NO8P/c1-3-5-7-9-11-12-13-14-15-16-17-18-19-20-21-22-23-24-25-26-27-28-29-30-31-32-33-34-35-36-37-38-39-40-42-44-46-48-55(58)64-53(52-63-65(59,60)62-50-49-56)51-61-54(57)47-45-43-41-10-8-6-4-2/h5,7,11-12,14-15,17-18,20-21,23-24,26-27,29-30,53H,3-4,6,8-10,13,16,19,22,25,28,31-52,56H2,1-2H3,(H,59,60)/b7-5-,12-11-,15-14-,18-17-,21-20-,24-23-,27-26-,30-29-. The van der Waals surface area contributed by atoms with Gasteiger partial charge in [-0.3, -0.25) is 18.6 Å². The van der Waals surface area contributed by atoms with E-state index in [4.69, 9.17) is 24.3 Å². The van der Waals surface area contributed by atoms with Crippen LogP contribution >= 0.6 is 7.82 Å². The van der Waals surface area contributed by atoms with Gasteiger partial charge in [0.15, 0.2) is 6.10 Å². The van der Waals surface area contributed by atoms with Crippen LogP contribution in [0.25, 0.3) is 0 Å². The van der Waals surface area contributed by atoms with Gasteiger partial charge in [0.05, 0.1) is 13.2 Å². The lowest BCUT2D eigenvalue weighted by molar-refractivity contribution is -0.161. The first-order chi connectivity index (χ1) is 31.8. The van der Waals surface area contributed by atoms with Crippen molar-refractivity contribution < 1.29 is 37.6 Å². The molecule has 3 N–H and O–H groups in total. The predicted octanol–water partition coefficient (Wildman–Crippen LogP) is 15.7. The molecule has 0 fully saturated rings. The topological polar surface area (TPSA) is 134 Å². The second-order valence-electron chi connectivity index (χ2n) is 16.7. The Bertz CT molecular complexity index is 1380. The molecule has 65 heavy (non-hydrogen) atoms. The van der Waals surface area contributed by atoms with Crippen molar-refractivity contribution in [2.75, 3.05) is 26.4 Å².